The molecule has 0 bridgehead atoms. The third-order valence-electron chi connectivity index (χ3n) is 1.28. The van der Waals surface area contributed by atoms with Crippen LogP contribution in [0.4, 0.5) is 0 Å². The van der Waals surface area contributed by atoms with E-state index in [1.54, 1.807) is 0 Å². The topological polar surface area (TPSA) is 76.8 Å². The third kappa shape index (κ3) is 1.38. The molecule has 5 heteroatoms. The molecular formula is C4H8N2O3. The Hall–Kier alpha value is -0.650. The van der Waals surface area contributed by atoms with Gasteiger partial charge in [-0.3, -0.25) is 10.1 Å². The Morgan fingerprint density at radius 2 is 2.56 bits per heavy atom. The van der Waals surface area contributed by atoms with Crippen LogP contribution in [0, 0.1) is 5.21 Å². The van der Waals surface area contributed by atoms with E-state index in [2.05, 4.69) is 5.32 Å². The van der Waals surface area contributed by atoms with Crippen LogP contribution < -0.4 is 10.4 Å². The molecule has 2 unspecified atom stereocenters. The molecule has 52 valence electrons. The molecule has 1 aliphatic rings. The lowest BCUT2D eigenvalue weighted by atomic mass is 10.3. The summed E-state index contributed by atoms with van der Waals surface area (Å²) >= 11 is 0. The van der Waals surface area contributed by atoms with Crippen LogP contribution in [0.3, 0.4) is 0 Å². The normalized spacial score (nSPS) is 34.8. The minimum atomic E-state index is -0.944. The minimum Gasteiger partial charge on any atom is -0.633 e. The quantitative estimate of drug-likeness (QED) is 0.341. The second-order valence-corrected chi connectivity index (χ2v) is 2.01. The summed E-state index contributed by atoms with van der Waals surface area (Å²) in [6.45, 7) is 0.340. The zero-order valence-corrected chi connectivity index (χ0v) is 4.76. The number of carboxylic acid groups (broad SMARTS) is 1. The van der Waals surface area contributed by atoms with Gasteiger partial charge in [0.15, 0.2) is 6.04 Å². The fourth-order valence-electron chi connectivity index (χ4n) is 0.784. The molecule has 2 atom stereocenters. The number of rotatable bonds is 1. The van der Waals surface area contributed by atoms with E-state index >= 15 is 0 Å². The largest absolute Gasteiger partial charge is 0.633 e. The van der Waals surface area contributed by atoms with E-state index < -0.39 is 12.0 Å². The summed E-state index contributed by atoms with van der Waals surface area (Å²) in [5.74, 6) is -0.944. The molecule has 0 aliphatic carbocycles. The van der Waals surface area contributed by atoms with Gasteiger partial charge < -0.3 is 15.4 Å². The molecule has 1 fully saturated rings. The Balaban J connectivity index is 2.39. The molecule has 5 nitrogen and oxygen atoms in total. The van der Waals surface area contributed by atoms with Gasteiger partial charge in [0, 0.05) is 0 Å². The van der Waals surface area contributed by atoms with Crippen molar-refractivity contribution < 1.29 is 15.0 Å². The second kappa shape index (κ2) is 2.30. The van der Waals surface area contributed by atoms with Gasteiger partial charge in [-0.1, -0.05) is 0 Å². The molecule has 0 radical (unpaired) electrons. The van der Waals surface area contributed by atoms with Gasteiger partial charge in [0.1, 0.15) is 13.2 Å². The number of hydroxylamine groups is 2. The molecule has 9 heavy (non-hydrogen) atoms. The first kappa shape index (κ1) is 6.47. The highest BCUT2D eigenvalue weighted by atomic mass is 16.5. The number of carbonyl (C=O) groups is 1. The molecule has 0 amide bonds. The van der Waals surface area contributed by atoms with E-state index in [0.717, 1.165) is 0 Å². The van der Waals surface area contributed by atoms with Gasteiger partial charge >= 0.3 is 5.97 Å². The van der Waals surface area contributed by atoms with E-state index in [4.69, 9.17) is 5.11 Å². The fraction of sp³-hybridized carbons (Fsp3) is 0.750. The number of aliphatic carboxylic acids is 1. The lowest BCUT2D eigenvalue weighted by molar-refractivity contribution is -0.835. The van der Waals surface area contributed by atoms with E-state index in [1.165, 1.54) is 0 Å². The van der Waals surface area contributed by atoms with E-state index in [-0.39, 0.29) is 18.3 Å². The van der Waals surface area contributed by atoms with Crippen LogP contribution >= 0.6 is 0 Å². The van der Waals surface area contributed by atoms with Gasteiger partial charge in [0.2, 0.25) is 0 Å². The Bertz CT molecular complexity index is 127. The SMILES string of the molecule is O=C(O)C1C[NH+]([O-])CN1. The number of nitrogens with one attached hydrogen (secondary N) is 2. The van der Waals surface area contributed by atoms with Crippen molar-refractivity contribution in [2.45, 2.75) is 6.04 Å². The Kier molecular flexibility index (Phi) is 1.65. The maximum Gasteiger partial charge on any atom is 0.326 e. The summed E-state index contributed by atoms with van der Waals surface area (Å²) in [6.07, 6.45) is 0. The van der Waals surface area contributed by atoms with Crippen molar-refractivity contribution in [3.8, 4) is 0 Å². The summed E-state index contributed by atoms with van der Waals surface area (Å²) < 4.78 is 0. The van der Waals surface area contributed by atoms with Crippen LogP contribution in [-0.4, -0.2) is 30.3 Å². The van der Waals surface area contributed by atoms with Gasteiger partial charge in [0.25, 0.3) is 0 Å². The van der Waals surface area contributed by atoms with Crippen LogP contribution in [0.15, 0.2) is 0 Å². The van der Waals surface area contributed by atoms with Crippen LogP contribution in [0.25, 0.3) is 0 Å². The van der Waals surface area contributed by atoms with Gasteiger partial charge in [-0.05, 0) is 0 Å². The summed E-state index contributed by atoms with van der Waals surface area (Å²) in [5, 5.41) is 21.3. The third-order valence-corrected chi connectivity index (χ3v) is 1.28. The molecule has 0 aromatic rings. The lowest BCUT2D eigenvalue weighted by Crippen LogP contribution is -3.06. The number of hydrogen-bond donors (Lipinski definition) is 3. The minimum absolute atomic E-state index is 0.0256. The highest BCUT2D eigenvalue weighted by Crippen LogP contribution is 1.81. The summed E-state index contributed by atoms with van der Waals surface area (Å²) in [5.41, 5.74) is 0. The predicted octanol–water partition coefficient (Wildman–Crippen LogP) is -2.62. The molecule has 0 saturated carbocycles. The fourth-order valence-corrected chi connectivity index (χ4v) is 0.784. The maximum absolute atomic E-state index is 10.4. The van der Waals surface area contributed by atoms with Crippen LogP contribution in [0.1, 0.15) is 0 Å². The van der Waals surface area contributed by atoms with Crippen molar-refractivity contribution in [2.24, 2.45) is 0 Å². The van der Waals surface area contributed by atoms with Crippen molar-refractivity contribution in [1.82, 2.24) is 5.32 Å². The molecule has 0 aromatic carbocycles. The van der Waals surface area contributed by atoms with Crippen molar-refractivity contribution in [3.05, 3.63) is 5.21 Å². The monoisotopic (exact) mass is 132 g/mol. The van der Waals surface area contributed by atoms with Crippen LogP contribution in [0.5, 0.6) is 0 Å². The highest BCUT2D eigenvalue weighted by molar-refractivity contribution is 5.73. The van der Waals surface area contributed by atoms with Crippen molar-refractivity contribution in [3.63, 3.8) is 0 Å². The Labute approximate surface area is 51.8 Å². The number of carboxylic acids is 1. The Morgan fingerprint density at radius 3 is 2.78 bits per heavy atom. The second-order valence-electron chi connectivity index (χ2n) is 2.01. The molecule has 1 aliphatic heterocycles. The van der Waals surface area contributed by atoms with Crippen LogP contribution in [-0.2, 0) is 4.79 Å². The molecule has 0 spiro atoms. The van der Waals surface area contributed by atoms with Crippen LogP contribution in [0.2, 0.25) is 0 Å². The van der Waals surface area contributed by atoms with Gasteiger partial charge in [-0.2, -0.15) is 0 Å². The molecule has 1 heterocycles. The van der Waals surface area contributed by atoms with Gasteiger partial charge in [0.05, 0.1) is 0 Å². The molecular weight excluding hydrogens is 124 g/mol. The first-order chi connectivity index (χ1) is 4.20. The van der Waals surface area contributed by atoms with Gasteiger partial charge in [-0.25, -0.2) is 0 Å². The highest BCUT2D eigenvalue weighted by Gasteiger charge is 2.26. The van der Waals surface area contributed by atoms with Crippen molar-refractivity contribution >= 4 is 5.97 Å². The summed E-state index contributed by atoms with van der Waals surface area (Å²) in [7, 11) is 0. The molecule has 1 saturated heterocycles. The first-order valence-electron chi connectivity index (χ1n) is 2.68. The average molecular weight is 132 g/mol. The molecule has 3 N–H and O–H groups in total. The lowest BCUT2D eigenvalue weighted by Gasteiger charge is -2.11. The summed E-state index contributed by atoms with van der Waals surface area (Å²) in [4.78, 5) is 10.1. The molecule has 0 aromatic heterocycles. The Morgan fingerprint density at radius 1 is 1.89 bits per heavy atom. The standard InChI is InChI=1S/C4H8N2O3/c7-4(8)3-1-6(9)2-5-3/h3,5-6H,1-2H2,(H,7,8). The predicted molar refractivity (Wildman–Crippen MR) is 28.6 cm³/mol. The smallest absolute Gasteiger partial charge is 0.326 e. The van der Waals surface area contributed by atoms with Crippen molar-refractivity contribution in [2.75, 3.05) is 13.2 Å². The summed E-state index contributed by atoms with van der Waals surface area (Å²) in [6, 6.07) is -0.641. The zero-order chi connectivity index (χ0) is 6.85. The number of hydrogen-bond acceptors (Lipinski definition) is 3. The van der Waals surface area contributed by atoms with E-state index in [0.29, 0.717) is 0 Å². The zero-order valence-electron chi connectivity index (χ0n) is 4.76. The first-order valence-corrected chi connectivity index (χ1v) is 2.68. The maximum atomic E-state index is 10.4. The van der Waals surface area contributed by atoms with Gasteiger partial charge in [-0.15, -0.1) is 0 Å². The number of quaternary nitrogens is 1. The van der Waals surface area contributed by atoms with Crippen molar-refractivity contribution in [1.29, 1.82) is 0 Å². The van der Waals surface area contributed by atoms with E-state index in [9.17, 15) is 10.0 Å². The molecule has 1 rings (SSSR count). The van der Waals surface area contributed by atoms with E-state index in [1.807, 2.05) is 0 Å². The average Bonchev–Trinajstić information content (AvgIpc) is 2.14.